The van der Waals surface area contributed by atoms with E-state index < -0.39 is 0 Å². The van der Waals surface area contributed by atoms with Gasteiger partial charge in [0.15, 0.2) is 5.69 Å². The van der Waals surface area contributed by atoms with Crippen molar-refractivity contribution in [2.45, 2.75) is 27.1 Å². The Kier molecular flexibility index (Phi) is 5.13. The Morgan fingerprint density at radius 1 is 1.10 bits per heavy atom. The smallest absolute Gasteiger partial charge is 0.278 e. The summed E-state index contributed by atoms with van der Waals surface area (Å²) in [5.74, 6) is -0.164. The van der Waals surface area contributed by atoms with E-state index in [9.17, 15) is 4.79 Å². The molecular formula is C19H19ClN8O. The molecule has 0 aliphatic carbocycles. The molecule has 1 amide bonds. The van der Waals surface area contributed by atoms with Gasteiger partial charge in [0.2, 0.25) is 5.95 Å². The standard InChI is InChI=1S/C19H19ClN8O/c1-13-8-14(2)28(23-13)12-26-7-6-17(24-26)18(29)22-19-21-11-27(25-19)10-15-4-3-5-16(20)9-15/h3-9,11H,10,12H2,1-2H3,(H,22,25,29). The molecule has 0 bridgehead atoms. The van der Waals surface area contributed by atoms with Gasteiger partial charge in [-0.25, -0.2) is 14.3 Å². The fourth-order valence-electron chi connectivity index (χ4n) is 2.93. The Hall–Kier alpha value is -3.46. The third-order valence-electron chi connectivity index (χ3n) is 4.25. The lowest BCUT2D eigenvalue weighted by Crippen LogP contribution is -2.16. The second-order valence-electron chi connectivity index (χ2n) is 6.66. The van der Waals surface area contributed by atoms with Crippen LogP contribution >= 0.6 is 11.6 Å². The molecule has 4 rings (SSSR count). The topological polar surface area (TPSA) is 95.5 Å². The van der Waals surface area contributed by atoms with Crippen LogP contribution in [0, 0.1) is 13.8 Å². The molecule has 148 valence electrons. The van der Waals surface area contributed by atoms with E-state index in [1.54, 1.807) is 28.0 Å². The van der Waals surface area contributed by atoms with Crippen LogP contribution in [0.2, 0.25) is 5.02 Å². The van der Waals surface area contributed by atoms with E-state index in [-0.39, 0.29) is 17.5 Å². The van der Waals surface area contributed by atoms with Gasteiger partial charge in [-0.15, -0.1) is 5.10 Å². The average Bonchev–Trinajstić information content (AvgIpc) is 3.37. The van der Waals surface area contributed by atoms with Crippen molar-refractivity contribution in [3.63, 3.8) is 0 Å². The molecule has 0 radical (unpaired) electrons. The Bertz CT molecular complexity index is 1160. The Balaban J connectivity index is 1.39. The summed E-state index contributed by atoms with van der Waals surface area (Å²) >= 11 is 6.00. The molecule has 29 heavy (non-hydrogen) atoms. The fraction of sp³-hybridized carbons (Fsp3) is 0.211. The lowest BCUT2D eigenvalue weighted by molar-refractivity contribution is 0.102. The van der Waals surface area contributed by atoms with Gasteiger partial charge in [0.05, 0.1) is 12.2 Å². The van der Waals surface area contributed by atoms with Gasteiger partial charge in [-0.3, -0.25) is 14.8 Å². The van der Waals surface area contributed by atoms with Crippen molar-refractivity contribution in [2.75, 3.05) is 5.32 Å². The summed E-state index contributed by atoms with van der Waals surface area (Å²) in [4.78, 5) is 16.6. The zero-order valence-corrected chi connectivity index (χ0v) is 16.7. The number of hydrogen-bond donors (Lipinski definition) is 1. The van der Waals surface area contributed by atoms with Gasteiger partial charge in [0.1, 0.15) is 13.0 Å². The van der Waals surface area contributed by atoms with E-state index in [1.165, 1.54) is 0 Å². The molecule has 3 aromatic heterocycles. The second-order valence-corrected chi connectivity index (χ2v) is 7.09. The van der Waals surface area contributed by atoms with Crippen LogP contribution in [0.4, 0.5) is 5.95 Å². The second kappa shape index (κ2) is 7.88. The summed E-state index contributed by atoms with van der Waals surface area (Å²) in [5.41, 5.74) is 3.23. The number of carbonyl (C=O) groups excluding carboxylic acids is 1. The number of nitrogens with one attached hydrogen (secondary N) is 1. The van der Waals surface area contributed by atoms with E-state index in [4.69, 9.17) is 11.6 Å². The first-order valence-electron chi connectivity index (χ1n) is 8.96. The van der Waals surface area contributed by atoms with E-state index in [0.717, 1.165) is 17.0 Å². The lowest BCUT2D eigenvalue weighted by Gasteiger charge is -2.04. The third kappa shape index (κ3) is 4.52. The van der Waals surface area contributed by atoms with Crippen LogP contribution in [-0.2, 0) is 13.2 Å². The number of halogens is 1. The number of benzene rings is 1. The molecule has 0 saturated carbocycles. The van der Waals surface area contributed by atoms with Crippen molar-refractivity contribution in [1.29, 1.82) is 0 Å². The summed E-state index contributed by atoms with van der Waals surface area (Å²) in [6, 6.07) is 11.1. The first-order chi connectivity index (χ1) is 14.0. The molecule has 1 N–H and O–H groups in total. The maximum Gasteiger partial charge on any atom is 0.278 e. The summed E-state index contributed by atoms with van der Waals surface area (Å²) in [5, 5.41) is 16.3. The summed E-state index contributed by atoms with van der Waals surface area (Å²) in [6.07, 6.45) is 3.29. The highest BCUT2D eigenvalue weighted by Crippen LogP contribution is 2.12. The van der Waals surface area contributed by atoms with Crippen molar-refractivity contribution in [3.05, 3.63) is 76.6 Å². The van der Waals surface area contributed by atoms with Gasteiger partial charge in [0, 0.05) is 16.9 Å². The minimum absolute atomic E-state index is 0.213. The normalized spacial score (nSPS) is 11.0. The van der Waals surface area contributed by atoms with Gasteiger partial charge in [0.25, 0.3) is 5.91 Å². The summed E-state index contributed by atoms with van der Waals surface area (Å²) in [7, 11) is 0. The molecule has 0 aliphatic heterocycles. The predicted octanol–water partition coefficient (Wildman–Crippen LogP) is 2.75. The van der Waals surface area contributed by atoms with Crippen molar-refractivity contribution < 1.29 is 4.79 Å². The van der Waals surface area contributed by atoms with Crippen LogP contribution in [0.15, 0.2) is 48.9 Å². The van der Waals surface area contributed by atoms with E-state index in [0.29, 0.717) is 18.2 Å². The van der Waals surface area contributed by atoms with Crippen LogP contribution in [0.25, 0.3) is 0 Å². The van der Waals surface area contributed by atoms with Crippen molar-refractivity contribution in [2.24, 2.45) is 0 Å². The molecule has 0 spiro atoms. The Morgan fingerprint density at radius 3 is 2.72 bits per heavy atom. The van der Waals surface area contributed by atoms with Crippen molar-refractivity contribution in [1.82, 2.24) is 34.3 Å². The highest BCUT2D eigenvalue weighted by Gasteiger charge is 2.13. The van der Waals surface area contributed by atoms with Crippen LogP contribution in [0.5, 0.6) is 0 Å². The zero-order chi connectivity index (χ0) is 20.4. The van der Waals surface area contributed by atoms with Crippen LogP contribution in [0.1, 0.15) is 27.4 Å². The van der Waals surface area contributed by atoms with E-state index in [1.807, 2.05) is 48.9 Å². The molecular weight excluding hydrogens is 392 g/mol. The monoisotopic (exact) mass is 410 g/mol. The van der Waals surface area contributed by atoms with E-state index >= 15 is 0 Å². The zero-order valence-electron chi connectivity index (χ0n) is 15.9. The number of aryl methyl sites for hydroxylation is 2. The molecule has 3 heterocycles. The number of hydrogen-bond acceptors (Lipinski definition) is 5. The van der Waals surface area contributed by atoms with Gasteiger partial charge >= 0.3 is 0 Å². The number of nitrogens with zero attached hydrogens (tertiary/aromatic N) is 7. The van der Waals surface area contributed by atoms with Gasteiger partial charge in [-0.1, -0.05) is 23.7 Å². The average molecular weight is 411 g/mol. The largest absolute Gasteiger partial charge is 0.288 e. The number of carbonyl (C=O) groups is 1. The number of rotatable bonds is 6. The van der Waals surface area contributed by atoms with Crippen molar-refractivity contribution >= 4 is 23.5 Å². The summed E-state index contributed by atoms with van der Waals surface area (Å²) in [6.45, 7) is 4.84. The quantitative estimate of drug-likeness (QED) is 0.527. The van der Waals surface area contributed by atoms with Crippen LogP contribution in [-0.4, -0.2) is 40.2 Å². The highest BCUT2D eigenvalue weighted by molar-refractivity contribution is 6.30. The predicted molar refractivity (Wildman–Crippen MR) is 108 cm³/mol. The SMILES string of the molecule is Cc1cc(C)n(Cn2ccc(C(=O)Nc3ncn(Cc4cccc(Cl)c4)n3)n2)n1. The first-order valence-corrected chi connectivity index (χ1v) is 9.34. The molecule has 10 heteroatoms. The molecule has 0 aliphatic rings. The molecule has 0 fully saturated rings. The van der Waals surface area contributed by atoms with Gasteiger partial charge in [-0.2, -0.15) is 10.2 Å². The maximum absolute atomic E-state index is 12.4. The van der Waals surface area contributed by atoms with Crippen LogP contribution in [0.3, 0.4) is 0 Å². The summed E-state index contributed by atoms with van der Waals surface area (Å²) < 4.78 is 5.10. The molecule has 1 aromatic carbocycles. The van der Waals surface area contributed by atoms with Crippen LogP contribution < -0.4 is 5.32 Å². The van der Waals surface area contributed by atoms with Crippen molar-refractivity contribution in [3.8, 4) is 0 Å². The molecule has 0 unspecified atom stereocenters. The molecule has 0 atom stereocenters. The third-order valence-corrected chi connectivity index (χ3v) is 4.49. The molecule has 4 aromatic rings. The van der Waals surface area contributed by atoms with Gasteiger partial charge in [-0.05, 0) is 43.7 Å². The highest BCUT2D eigenvalue weighted by atomic mass is 35.5. The number of amides is 1. The first kappa shape index (κ1) is 18.9. The minimum Gasteiger partial charge on any atom is -0.288 e. The number of anilines is 1. The van der Waals surface area contributed by atoms with E-state index in [2.05, 4.69) is 25.6 Å². The molecule has 0 saturated heterocycles. The minimum atomic E-state index is -0.377. The fourth-order valence-corrected chi connectivity index (χ4v) is 3.15. The molecule has 9 nitrogen and oxygen atoms in total. The number of aromatic nitrogens is 7. The van der Waals surface area contributed by atoms with Gasteiger partial charge < -0.3 is 0 Å². The maximum atomic E-state index is 12.4. The lowest BCUT2D eigenvalue weighted by atomic mass is 10.2. The Labute approximate surface area is 171 Å². The Morgan fingerprint density at radius 2 is 1.97 bits per heavy atom.